The quantitative estimate of drug-likeness (QED) is 0.859. The molecule has 104 valence electrons. The molecule has 0 aliphatic heterocycles. The van der Waals surface area contributed by atoms with E-state index in [1.54, 1.807) is 10.4 Å². The molecule has 20 heavy (non-hydrogen) atoms. The van der Waals surface area contributed by atoms with Gasteiger partial charge in [0.05, 0.1) is 0 Å². The molecule has 0 radical (unpaired) electrons. The topological polar surface area (TPSA) is 12.0 Å². The van der Waals surface area contributed by atoms with Crippen LogP contribution in [0, 0.1) is 0 Å². The van der Waals surface area contributed by atoms with Crippen molar-refractivity contribution in [3.8, 4) is 0 Å². The Labute approximate surface area is 129 Å². The highest BCUT2D eigenvalue weighted by Crippen LogP contribution is 2.35. The van der Waals surface area contributed by atoms with E-state index in [9.17, 15) is 0 Å². The van der Waals surface area contributed by atoms with Crippen molar-refractivity contribution in [2.45, 2.75) is 44.2 Å². The molecule has 1 nitrogen and oxygen atoms in total. The Kier molecular flexibility index (Phi) is 3.33. The van der Waals surface area contributed by atoms with E-state index >= 15 is 0 Å². The SMILES string of the molecule is Clc1ccc2c(c1)CC(NC1CCCc3sccc31)C2. The Morgan fingerprint density at radius 1 is 1.15 bits per heavy atom. The van der Waals surface area contributed by atoms with Crippen molar-refractivity contribution in [3.63, 3.8) is 0 Å². The lowest BCUT2D eigenvalue weighted by Crippen LogP contribution is -2.34. The second kappa shape index (κ2) is 5.18. The predicted molar refractivity (Wildman–Crippen MR) is 85.8 cm³/mol. The Morgan fingerprint density at radius 3 is 3.00 bits per heavy atom. The minimum absolute atomic E-state index is 0.555. The molecule has 1 aromatic carbocycles. The van der Waals surface area contributed by atoms with Crippen LogP contribution in [0.1, 0.15) is 40.5 Å². The fraction of sp³-hybridized carbons (Fsp3) is 0.412. The molecular weight excluding hydrogens is 286 g/mol. The summed E-state index contributed by atoms with van der Waals surface area (Å²) in [5, 5.41) is 7.00. The number of rotatable bonds is 2. The van der Waals surface area contributed by atoms with Crippen LogP contribution in [0.4, 0.5) is 0 Å². The van der Waals surface area contributed by atoms with Gasteiger partial charge in [0.15, 0.2) is 0 Å². The lowest BCUT2D eigenvalue weighted by Gasteiger charge is -2.27. The molecular formula is C17H18ClNS. The molecule has 2 aliphatic rings. The van der Waals surface area contributed by atoms with E-state index in [2.05, 4.69) is 28.9 Å². The van der Waals surface area contributed by atoms with Crippen molar-refractivity contribution >= 4 is 22.9 Å². The van der Waals surface area contributed by atoms with Crippen molar-refractivity contribution in [2.24, 2.45) is 0 Å². The van der Waals surface area contributed by atoms with E-state index in [0.29, 0.717) is 12.1 Å². The summed E-state index contributed by atoms with van der Waals surface area (Å²) in [6, 6.07) is 9.78. The zero-order valence-electron chi connectivity index (χ0n) is 11.4. The fourth-order valence-electron chi connectivity index (χ4n) is 3.65. The molecule has 1 N–H and O–H groups in total. The lowest BCUT2D eigenvalue weighted by atomic mass is 9.93. The number of fused-ring (bicyclic) bond motifs is 2. The number of hydrogen-bond acceptors (Lipinski definition) is 2. The summed E-state index contributed by atoms with van der Waals surface area (Å²) in [6.45, 7) is 0. The number of nitrogens with one attached hydrogen (secondary N) is 1. The maximum atomic E-state index is 6.10. The average molecular weight is 304 g/mol. The summed E-state index contributed by atoms with van der Waals surface area (Å²) in [4.78, 5) is 1.59. The summed E-state index contributed by atoms with van der Waals surface area (Å²) in [5.74, 6) is 0. The Hall–Kier alpha value is -0.830. The highest BCUT2D eigenvalue weighted by atomic mass is 35.5. The van der Waals surface area contributed by atoms with Gasteiger partial charge in [-0.1, -0.05) is 17.7 Å². The van der Waals surface area contributed by atoms with Gasteiger partial charge >= 0.3 is 0 Å². The monoisotopic (exact) mass is 303 g/mol. The van der Waals surface area contributed by atoms with Gasteiger partial charge in [0.2, 0.25) is 0 Å². The molecule has 0 fully saturated rings. The molecule has 4 rings (SSSR count). The summed E-state index contributed by atoms with van der Waals surface area (Å²) in [5.41, 5.74) is 4.44. The van der Waals surface area contributed by atoms with Gasteiger partial charge in [0, 0.05) is 22.0 Å². The van der Waals surface area contributed by atoms with Gasteiger partial charge in [-0.25, -0.2) is 0 Å². The van der Waals surface area contributed by atoms with Crippen molar-refractivity contribution in [3.05, 3.63) is 56.2 Å². The fourth-order valence-corrected chi connectivity index (χ4v) is 4.83. The zero-order chi connectivity index (χ0) is 13.5. The smallest absolute Gasteiger partial charge is 0.0408 e. The van der Waals surface area contributed by atoms with Crippen molar-refractivity contribution in [1.29, 1.82) is 0 Å². The first-order valence-corrected chi connectivity index (χ1v) is 8.65. The predicted octanol–water partition coefficient (Wildman–Crippen LogP) is 4.54. The Bertz CT molecular complexity index is 634. The maximum Gasteiger partial charge on any atom is 0.0408 e. The van der Waals surface area contributed by atoms with E-state index in [-0.39, 0.29) is 0 Å². The molecule has 2 unspecified atom stereocenters. The van der Waals surface area contributed by atoms with E-state index in [1.807, 2.05) is 17.4 Å². The summed E-state index contributed by atoms with van der Waals surface area (Å²) in [7, 11) is 0. The first kappa shape index (κ1) is 12.9. The maximum absolute atomic E-state index is 6.10. The summed E-state index contributed by atoms with van der Waals surface area (Å²) < 4.78 is 0. The van der Waals surface area contributed by atoms with Crippen LogP contribution in [0.15, 0.2) is 29.6 Å². The highest BCUT2D eigenvalue weighted by molar-refractivity contribution is 7.10. The van der Waals surface area contributed by atoms with Crippen LogP contribution in [-0.4, -0.2) is 6.04 Å². The van der Waals surface area contributed by atoms with Gasteiger partial charge in [-0.3, -0.25) is 0 Å². The number of aryl methyl sites for hydroxylation is 1. The lowest BCUT2D eigenvalue weighted by molar-refractivity contribution is 0.403. The Balaban J connectivity index is 1.50. The third-order valence-corrected chi connectivity index (χ3v) is 5.82. The van der Waals surface area contributed by atoms with Crippen LogP contribution in [0.2, 0.25) is 5.02 Å². The van der Waals surface area contributed by atoms with Gasteiger partial charge in [0.1, 0.15) is 0 Å². The van der Waals surface area contributed by atoms with Crippen molar-refractivity contribution < 1.29 is 0 Å². The van der Waals surface area contributed by atoms with E-state index in [4.69, 9.17) is 11.6 Å². The molecule has 0 amide bonds. The zero-order valence-corrected chi connectivity index (χ0v) is 12.9. The molecule has 2 atom stereocenters. The summed E-state index contributed by atoms with van der Waals surface area (Å²) >= 11 is 8.02. The van der Waals surface area contributed by atoms with Gasteiger partial charge in [-0.05, 0) is 72.4 Å². The first-order chi connectivity index (χ1) is 9.79. The van der Waals surface area contributed by atoms with Crippen LogP contribution in [0.3, 0.4) is 0 Å². The Morgan fingerprint density at radius 2 is 2.05 bits per heavy atom. The third-order valence-electron chi connectivity index (χ3n) is 4.59. The first-order valence-electron chi connectivity index (χ1n) is 7.39. The van der Waals surface area contributed by atoms with E-state index in [0.717, 1.165) is 17.9 Å². The minimum Gasteiger partial charge on any atom is -0.306 e. The normalized spacial score (nSPS) is 24.4. The standard InChI is InChI=1S/C17H18ClNS/c18-13-5-4-11-9-14(10-12(11)8-13)19-16-2-1-3-17-15(16)6-7-20-17/h4-8,14,16,19H,1-3,9-10H2. The molecule has 0 saturated carbocycles. The number of benzene rings is 1. The second-order valence-electron chi connectivity index (χ2n) is 5.93. The van der Waals surface area contributed by atoms with Crippen molar-refractivity contribution in [2.75, 3.05) is 0 Å². The summed E-state index contributed by atoms with van der Waals surface area (Å²) in [6.07, 6.45) is 6.12. The molecule has 1 heterocycles. The second-order valence-corrected chi connectivity index (χ2v) is 7.37. The van der Waals surface area contributed by atoms with Gasteiger partial charge in [-0.2, -0.15) is 0 Å². The van der Waals surface area contributed by atoms with E-state index < -0.39 is 0 Å². The van der Waals surface area contributed by atoms with Crippen LogP contribution in [0.25, 0.3) is 0 Å². The van der Waals surface area contributed by atoms with Crippen LogP contribution in [-0.2, 0) is 19.3 Å². The molecule has 0 bridgehead atoms. The molecule has 2 aromatic rings. The average Bonchev–Trinajstić information content (AvgIpc) is 3.04. The van der Waals surface area contributed by atoms with Crippen molar-refractivity contribution in [1.82, 2.24) is 5.32 Å². The van der Waals surface area contributed by atoms with Gasteiger partial charge in [0.25, 0.3) is 0 Å². The highest BCUT2D eigenvalue weighted by Gasteiger charge is 2.27. The largest absolute Gasteiger partial charge is 0.306 e. The third kappa shape index (κ3) is 2.30. The van der Waals surface area contributed by atoms with Crippen LogP contribution in [0.5, 0.6) is 0 Å². The minimum atomic E-state index is 0.555. The molecule has 2 aliphatic carbocycles. The number of thiophene rings is 1. The molecule has 0 spiro atoms. The van der Waals surface area contributed by atoms with Crippen LogP contribution < -0.4 is 5.32 Å². The molecule has 3 heteroatoms. The molecule has 1 aromatic heterocycles. The number of halogens is 1. The van der Waals surface area contributed by atoms with E-state index in [1.165, 1.54) is 30.4 Å². The molecule has 0 saturated heterocycles. The number of hydrogen-bond donors (Lipinski definition) is 1. The van der Waals surface area contributed by atoms with Gasteiger partial charge in [-0.15, -0.1) is 11.3 Å². The van der Waals surface area contributed by atoms with Crippen LogP contribution >= 0.6 is 22.9 Å². The van der Waals surface area contributed by atoms with Gasteiger partial charge < -0.3 is 5.32 Å².